The van der Waals surface area contributed by atoms with Crippen molar-refractivity contribution in [3.8, 4) is 0 Å². The lowest BCUT2D eigenvalue weighted by atomic mass is 10.1. The summed E-state index contributed by atoms with van der Waals surface area (Å²) in [5, 5.41) is 8.63. The van der Waals surface area contributed by atoms with Gasteiger partial charge in [-0.3, -0.25) is 14.4 Å². The zero-order valence-corrected chi connectivity index (χ0v) is 18.2. The van der Waals surface area contributed by atoms with Crippen LogP contribution in [0.5, 0.6) is 0 Å². The maximum atomic E-state index is 12.5. The Balaban J connectivity index is 1.25. The van der Waals surface area contributed by atoms with E-state index in [4.69, 9.17) is 4.42 Å². The molecule has 3 amide bonds. The number of carbonyl (C=O) groups is 3. The van der Waals surface area contributed by atoms with Crippen LogP contribution in [0.3, 0.4) is 0 Å². The molecule has 0 bridgehead atoms. The lowest BCUT2D eigenvalue weighted by molar-refractivity contribution is -0.114. The summed E-state index contributed by atoms with van der Waals surface area (Å²) in [5.74, 6) is 0.230. The number of anilines is 2. The lowest BCUT2D eigenvalue weighted by Crippen LogP contribution is -2.27. The van der Waals surface area contributed by atoms with E-state index in [0.29, 0.717) is 34.8 Å². The summed E-state index contributed by atoms with van der Waals surface area (Å²) in [6.45, 7) is 1.93. The second-order valence-corrected chi connectivity index (χ2v) is 7.82. The van der Waals surface area contributed by atoms with Crippen molar-refractivity contribution in [2.24, 2.45) is 0 Å². The van der Waals surface area contributed by atoms with Gasteiger partial charge in [0.2, 0.25) is 5.91 Å². The number of benzene rings is 2. The third-order valence-electron chi connectivity index (χ3n) is 5.39. The standard InChI is InChI=1S/C25H26N4O4/c30-23(28-21-6-3-5-19(15-21)25(32)29-12-1-2-13-29)17-26-20-10-8-18(9-11-20)24(31)27-16-22-7-4-14-33-22/h3-11,14-15,26H,1-2,12-13,16-17H2,(H,27,31)(H,28,30). The quantitative estimate of drug-likeness (QED) is 0.491. The zero-order chi connectivity index (χ0) is 23.0. The molecule has 0 saturated carbocycles. The second-order valence-electron chi connectivity index (χ2n) is 7.82. The summed E-state index contributed by atoms with van der Waals surface area (Å²) in [6, 6.07) is 17.4. The Morgan fingerprint density at radius 3 is 2.39 bits per heavy atom. The van der Waals surface area contributed by atoms with Crippen molar-refractivity contribution in [2.75, 3.05) is 30.3 Å². The van der Waals surface area contributed by atoms with Crippen LogP contribution in [0, 0.1) is 0 Å². The molecule has 2 heterocycles. The topological polar surface area (TPSA) is 104 Å². The largest absolute Gasteiger partial charge is 0.467 e. The van der Waals surface area contributed by atoms with Gasteiger partial charge in [-0.25, -0.2) is 0 Å². The number of amides is 3. The van der Waals surface area contributed by atoms with Gasteiger partial charge in [0.25, 0.3) is 11.8 Å². The maximum absolute atomic E-state index is 12.5. The van der Waals surface area contributed by atoms with E-state index in [1.54, 1.807) is 66.9 Å². The molecule has 0 spiro atoms. The summed E-state index contributed by atoms with van der Waals surface area (Å²) in [4.78, 5) is 38.9. The van der Waals surface area contributed by atoms with Crippen LogP contribution in [0.2, 0.25) is 0 Å². The molecule has 3 aromatic rings. The maximum Gasteiger partial charge on any atom is 0.253 e. The second kappa shape index (κ2) is 10.5. The fourth-order valence-electron chi connectivity index (χ4n) is 3.64. The van der Waals surface area contributed by atoms with Crippen LogP contribution in [0.4, 0.5) is 11.4 Å². The van der Waals surface area contributed by atoms with Crippen LogP contribution in [-0.2, 0) is 11.3 Å². The molecule has 33 heavy (non-hydrogen) atoms. The number of likely N-dealkylation sites (tertiary alicyclic amines) is 1. The van der Waals surface area contributed by atoms with Crippen LogP contribution in [-0.4, -0.2) is 42.3 Å². The van der Waals surface area contributed by atoms with Crippen molar-refractivity contribution in [3.05, 3.63) is 83.8 Å². The molecule has 0 unspecified atom stereocenters. The highest BCUT2D eigenvalue weighted by Crippen LogP contribution is 2.16. The fourth-order valence-corrected chi connectivity index (χ4v) is 3.64. The average molecular weight is 447 g/mol. The highest BCUT2D eigenvalue weighted by Gasteiger charge is 2.19. The van der Waals surface area contributed by atoms with Crippen molar-refractivity contribution in [2.45, 2.75) is 19.4 Å². The van der Waals surface area contributed by atoms with Crippen molar-refractivity contribution >= 4 is 29.1 Å². The van der Waals surface area contributed by atoms with E-state index >= 15 is 0 Å². The predicted octanol–water partition coefficient (Wildman–Crippen LogP) is 3.50. The molecular formula is C25H26N4O4. The van der Waals surface area contributed by atoms with Crippen LogP contribution < -0.4 is 16.0 Å². The molecule has 0 radical (unpaired) electrons. The fraction of sp³-hybridized carbons (Fsp3) is 0.240. The monoisotopic (exact) mass is 446 g/mol. The summed E-state index contributed by atoms with van der Waals surface area (Å²) < 4.78 is 5.20. The smallest absolute Gasteiger partial charge is 0.253 e. The Kier molecular flexibility index (Phi) is 7.04. The lowest BCUT2D eigenvalue weighted by Gasteiger charge is -2.16. The number of rotatable bonds is 8. The molecule has 4 rings (SSSR count). The van der Waals surface area contributed by atoms with Crippen molar-refractivity contribution in [1.82, 2.24) is 10.2 Å². The minimum Gasteiger partial charge on any atom is -0.467 e. The normalized spacial score (nSPS) is 12.9. The molecule has 8 heteroatoms. The number of nitrogens with one attached hydrogen (secondary N) is 3. The number of carbonyl (C=O) groups excluding carboxylic acids is 3. The minimum atomic E-state index is -0.235. The molecule has 170 valence electrons. The van der Waals surface area contributed by atoms with E-state index in [1.807, 2.05) is 4.90 Å². The molecule has 8 nitrogen and oxygen atoms in total. The summed E-state index contributed by atoms with van der Waals surface area (Å²) in [6.07, 6.45) is 3.62. The molecule has 1 aromatic heterocycles. The van der Waals surface area contributed by atoms with Crippen LogP contribution in [0.1, 0.15) is 39.3 Å². The van der Waals surface area contributed by atoms with Gasteiger partial charge in [0.05, 0.1) is 19.4 Å². The molecule has 1 saturated heterocycles. The van der Waals surface area contributed by atoms with E-state index < -0.39 is 0 Å². The van der Waals surface area contributed by atoms with Gasteiger partial charge in [0, 0.05) is 35.6 Å². The third kappa shape index (κ3) is 6.00. The number of hydrogen-bond acceptors (Lipinski definition) is 5. The first kappa shape index (κ1) is 22.1. The van der Waals surface area contributed by atoms with Crippen molar-refractivity contribution in [3.63, 3.8) is 0 Å². The van der Waals surface area contributed by atoms with E-state index in [1.165, 1.54) is 0 Å². The minimum absolute atomic E-state index is 0.00462. The summed E-state index contributed by atoms with van der Waals surface area (Å²) in [5.41, 5.74) is 2.38. The van der Waals surface area contributed by atoms with Gasteiger partial charge < -0.3 is 25.3 Å². The number of nitrogens with zero attached hydrogens (tertiary/aromatic N) is 1. The van der Waals surface area contributed by atoms with E-state index in [2.05, 4.69) is 16.0 Å². The molecule has 1 aliphatic rings. The first-order valence-corrected chi connectivity index (χ1v) is 10.9. The molecule has 1 aliphatic heterocycles. The molecule has 1 fully saturated rings. The van der Waals surface area contributed by atoms with Crippen molar-refractivity contribution < 1.29 is 18.8 Å². The van der Waals surface area contributed by atoms with Crippen LogP contribution >= 0.6 is 0 Å². The van der Waals surface area contributed by atoms with E-state index in [-0.39, 0.29) is 24.3 Å². The Morgan fingerprint density at radius 1 is 0.879 bits per heavy atom. The number of furan rings is 1. The third-order valence-corrected chi connectivity index (χ3v) is 5.39. The van der Waals surface area contributed by atoms with Gasteiger partial charge in [-0.15, -0.1) is 0 Å². The predicted molar refractivity (Wildman–Crippen MR) is 125 cm³/mol. The van der Waals surface area contributed by atoms with E-state index in [9.17, 15) is 14.4 Å². The Labute approximate surface area is 192 Å². The Morgan fingerprint density at radius 2 is 1.67 bits per heavy atom. The van der Waals surface area contributed by atoms with Crippen molar-refractivity contribution in [1.29, 1.82) is 0 Å². The van der Waals surface area contributed by atoms with Gasteiger partial charge in [0.15, 0.2) is 0 Å². The highest BCUT2D eigenvalue weighted by atomic mass is 16.3. The molecule has 0 atom stereocenters. The average Bonchev–Trinajstić information content (AvgIpc) is 3.56. The van der Waals surface area contributed by atoms with Gasteiger partial charge in [0.1, 0.15) is 5.76 Å². The van der Waals surface area contributed by atoms with Gasteiger partial charge in [-0.1, -0.05) is 6.07 Å². The summed E-state index contributed by atoms with van der Waals surface area (Å²) >= 11 is 0. The van der Waals surface area contributed by atoms with Crippen LogP contribution in [0.25, 0.3) is 0 Å². The summed E-state index contributed by atoms with van der Waals surface area (Å²) in [7, 11) is 0. The molecular weight excluding hydrogens is 420 g/mol. The Hall–Kier alpha value is -4.07. The highest BCUT2D eigenvalue weighted by molar-refractivity contribution is 5.98. The van der Waals surface area contributed by atoms with Gasteiger partial charge in [-0.05, 0) is 67.4 Å². The molecule has 0 aliphatic carbocycles. The Bertz CT molecular complexity index is 1100. The SMILES string of the molecule is O=C(CNc1ccc(C(=O)NCc2ccco2)cc1)Nc1cccc(C(=O)N2CCCC2)c1. The first-order chi connectivity index (χ1) is 16.1. The number of hydrogen-bond donors (Lipinski definition) is 3. The van der Waals surface area contributed by atoms with Gasteiger partial charge >= 0.3 is 0 Å². The molecule has 3 N–H and O–H groups in total. The van der Waals surface area contributed by atoms with Crippen LogP contribution in [0.15, 0.2) is 71.3 Å². The van der Waals surface area contributed by atoms with Gasteiger partial charge in [-0.2, -0.15) is 0 Å². The van der Waals surface area contributed by atoms with E-state index in [0.717, 1.165) is 25.9 Å². The molecule has 2 aromatic carbocycles. The zero-order valence-electron chi connectivity index (χ0n) is 18.2. The first-order valence-electron chi connectivity index (χ1n) is 10.9.